The van der Waals surface area contributed by atoms with Crippen LogP contribution in [0.25, 0.3) is 0 Å². The van der Waals surface area contributed by atoms with E-state index in [9.17, 15) is 25.1 Å². The number of non-ortho nitro benzene ring substituents is 1. The van der Waals surface area contributed by atoms with Crippen molar-refractivity contribution in [3.63, 3.8) is 0 Å². The van der Waals surface area contributed by atoms with Gasteiger partial charge in [-0.1, -0.05) is 18.2 Å². The van der Waals surface area contributed by atoms with Crippen LogP contribution in [0.3, 0.4) is 0 Å². The van der Waals surface area contributed by atoms with E-state index in [1.54, 1.807) is 30.3 Å². The zero-order valence-corrected chi connectivity index (χ0v) is 12.6. The van der Waals surface area contributed by atoms with E-state index < -0.39 is 29.7 Å². The van der Waals surface area contributed by atoms with Crippen molar-refractivity contribution in [2.75, 3.05) is 11.9 Å². The maximum absolute atomic E-state index is 11.9. The smallest absolute Gasteiger partial charge is 0.319 e. The van der Waals surface area contributed by atoms with Crippen molar-refractivity contribution in [1.29, 1.82) is 0 Å². The van der Waals surface area contributed by atoms with Crippen LogP contribution in [0.2, 0.25) is 0 Å². The Morgan fingerprint density at radius 3 is 2.29 bits per heavy atom. The van der Waals surface area contributed by atoms with Crippen LogP contribution in [0.15, 0.2) is 54.6 Å². The first-order chi connectivity index (χ1) is 11.5. The van der Waals surface area contributed by atoms with E-state index in [1.807, 2.05) is 0 Å². The molecule has 0 aliphatic carbocycles. The third-order valence-electron chi connectivity index (χ3n) is 3.37. The van der Waals surface area contributed by atoms with Gasteiger partial charge < -0.3 is 20.8 Å². The number of nitrogens with one attached hydrogen (secondary N) is 2. The van der Waals surface area contributed by atoms with Crippen LogP contribution in [0.4, 0.5) is 16.2 Å². The molecule has 4 N–H and O–H groups in total. The van der Waals surface area contributed by atoms with Crippen molar-refractivity contribution in [2.45, 2.75) is 12.1 Å². The van der Waals surface area contributed by atoms with Crippen molar-refractivity contribution in [3.05, 3.63) is 70.3 Å². The van der Waals surface area contributed by atoms with Crippen molar-refractivity contribution < 1.29 is 19.9 Å². The third kappa shape index (κ3) is 4.51. The molecule has 2 aromatic rings. The van der Waals surface area contributed by atoms with Crippen LogP contribution in [0, 0.1) is 10.1 Å². The molecule has 0 bridgehead atoms. The normalized spacial score (nSPS) is 12.9. The fourth-order valence-corrected chi connectivity index (χ4v) is 2.11. The van der Waals surface area contributed by atoms with Crippen molar-refractivity contribution in [3.8, 4) is 0 Å². The SMILES string of the molecule is O=C(Nc1ccccc1)NC(CO)C(O)c1ccc([N+](=O)[O-])cc1. The molecule has 0 heterocycles. The van der Waals surface area contributed by atoms with Gasteiger partial charge >= 0.3 is 6.03 Å². The van der Waals surface area contributed by atoms with Crippen LogP contribution < -0.4 is 10.6 Å². The summed E-state index contributed by atoms with van der Waals surface area (Å²) < 4.78 is 0. The highest BCUT2D eigenvalue weighted by atomic mass is 16.6. The van der Waals surface area contributed by atoms with Gasteiger partial charge in [-0.05, 0) is 29.8 Å². The first-order valence-electron chi connectivity index (χ1n) is 7.17. The van der Waals surface area contributed by atoms with Gasteiger partial charge in [0.1, 0.15) is 6.10 Å². The maximum atomic E-state index is 11.9. The third-order valence-corrected chi connectivity index (χ3v) is 3.37. The van der Waals surface area contributed by atoms with Gasteiger partial charge in [0.25, 0.3) is 5.69 Å². The second kappa shape index (κ2) is 8.04. The average Bonchev–Trinajstić information content (AvgIpc) is 2.60. The first kappa shape index (κ1) is 17.4. The molecule has 8 heteroatoms. The zero-order chi connectivity index (χ0) is 17.5. The molecule has 0 aliphatic heterocycles. The molecule has 2 amide bonds. The summed E-state index contributed by atoms with van der Waals surface area (Å²) in [6, 6.07) is 12.4. The average molecular weight is 331 g/mol. The van der Waals surface area contributed by atoms with E-state index in [1.165, 1.54) is 24.3 Å². The minimum atomic E-state index is -1.21. The lowest BCUT2D eigenvalue weighted by atomic mass is 10.0. The van der Waals surface area contributed by atoms with Gasteiger partial charge in [0.15, 0.2) is 0 Å². The number of nitro benzene ring substituents is 1. The van der Waals surface area contributed by atoms with Gasteiger partial charge in [-0.3, -0.25) is 10.1 Å². The molecule has 0 aromatic heterocycles. The Kier molecular flexibility index (Phi) is 5.83. The number of hydrogen-bond acceptors (Lipinski definition) is 5. The minimum Gasteiger partial charge on any atom is -0.394 e. The topological polar surface area (TPSA) is 125 Å². The monoisotopic (exact) mass is 331 g/mol. The fraction of sp³-hybridized carbons (Fsp3) is 0.188. The van der Waals surface area contributed by atoms with Gasteiger partial charge in [-0.25, -0.2) is 4.79 Å². The maximum Gasteiger partial charge on any atom is 0.319 e. The van der Waals surface area contributed by atoms with E-state index in [2.05, 4.69) is 10.6 Å². The number of hydrogen-bond donors (Lipinski definition) is 4. The molecule has 2 atom stereocenters. The van der Waals surface area contributed by atoms with Crippen LogP contribution in [-0.2, 0) is 0 Å². The van der Waals surface area contributed by atoms with E-state index in [4.69, 9.17) is 0 Å². The summed E-state index contributed by atoms with van der Waals surface area (Å²) in [5, 5.41) is 35.3. The van der Waals surface area contributed by atoms with E-state index in [-0.39, 0.29) is 5.69 Å². The van der Waals surface area contributed by atoms with Crippen LogP contribution >= 0.6 is 0 Å². The summed E-state index contributed by atoms with van der Waals surface area (Å²) in [6.45, 7) is -0.500. The molecule has 0 spiro atoms. The number of anilines is 1. The molecule has 0 saturated carbocycles. The fourth-order valence-electron chi connectivity index (χ4n) is 2.11. The predicted octanol–water partition coefficient (Wildman–Crippen LogP) is 1.81. The Morgan fingerprint density at radius 2 is 1.75 bits per heavy atom. The number of nitrogens with zero attached hydrogens (tertiary/aromatic N) is 1. The molecular formula is C16H17N3O5. The van der Waals surface area contributed by atoms with Gasteiger partial charge in [-0.2, -0.15) is 0 Å². The van der Waals surface area contributed by atoms with Crippen LogP contribution in [0.1, 0.15) is 11.7 Å². The number of benzene rings is 2. The quantitative estimate of drug-likeness (QED) is 0.474. The Morgan fingerprint density at radius 1 is 1.12 bits per heavy atom. The first-order valence-corrected chi connectivity index (χ1v) is 7.17. The van der Waals surface area contributed by atoms with E-state index in [0.717, 1.165) is 0 Å². The molecule has 0 fully saturated rings. The van der Waals surface area contributed by atoms with Crippen molar-refractivity contribution >= 4 is 17.4 Å². The number of para-hydroxylation sites is 1. The Hall–Kier alpha value is -2.97. The lowest BCUT2D eigenvalue weighted by Crippen LogP contribution is -2.44. The molecule has 8 nitrogen and oxygen atoms in total. The number of carbonyl (C=O) groups is 1. The molecule has 2 rings (SSSR count). The van der Waals surface area contributed by atoms with Crippen LogP contribution in [0.5, 0.6) is 0 Å². The van der Waals surface area contributed by atoms with Gasteiger partial charge in [0.2, 0.25) is 0 Å². The lowest BCUT2D eigenvalue weighted by Gasteiger charge is -2.22. The van der Waals surface area contributed by atoms with Gasteiger partial charge in [0, 0.05) is 17.8 Å². The number of carbonyl (C=O) groups excluding carboxylic acids is 1. The largest absolute Gasteiger partial charge is 0.394 e. The molecule has 0 saturated heterocycles. The summed E-state index contributed by atoms with van der Waals surface area (Å²) in [5.74, 6) is 0. The van der Waals surface area contributed by atoms with E-state index in [0.29, 0.717) is 11.3 Å². The van der Waals surface area contributed by atoms with Crippen molar-refractivity contribution in [2.24, 2.45) is 0 Å². The summed E-state index contributed by atoms with van der Waals surface area (Å²) in [4.78, 5) is 22.0. The standard InChI is InChI=1S/C16H17N3O5/c20-10-14(18-16(22)17-12-4-2-1-3-5-12)15(21)11-6-8-13(9-7-11)19(23)24/h1-9,14-15,20-21H,10H2,(H2,17,18,22). The number of nitro groups is 1. The number of aliphatic hydroxyl groups is 2. The summed E-state index contributed by atoms with van der Waals surface area (Å²) >= 11 is 0. The highest BCUT2D eigenvalue weighted by Crippen LogP contribution is 2.20. The second-order valence-electron chi connectivity index (χ2n) is 5.05. The van der Waals surface area contributed by atoms with Crippen LogP contribution in [-0.4, -0.2) is 33.8 Å². The highest BCUT2D eigenvalue weighted by molar-refractivity contribution is 5.89. The molecule has 2 unspecified atom stereocenters. The summed E-state index contributed by atoms with van der Waals surface area (Å²) in [5.41, 5.74) is 0.803. The second-order valence-corrected chi connectivity index (χ2v) is 5.05. The molecule has 126 valence electrons. The Balaban J connectivity index is 2.01. The highest BCUT2D eigenvalue weighted by Gasteiger charge is 2.22. The Bertz CT molecular complexity index is 691. The molecule has 24 heavy (non-hydrogen) atoms. The molecule has 0 aliphatic rings. The summed E-state index contributed by atoms with van der Waals surface area (Å²) in [6.07, 6.45) is -1.21. The zero-order valence-electron chi connectivity index (χ0n) is 12.6. The Labute approximate surface area is 137 Å². The van der Waals surface area contributed by atoms with Crippen molar-refractivity contribution in [1.82, 2.24) is 5.32 Å². The number of urea groups is 1. The molecular weight excluding hydrogens is 314 g/mol. The molecule has 2 aromatic carbocycles. The number of aliphatic hydroxyl groups excluding tert-OH is 2. The van der Waals surface area contributed by atoms with Gasteiger partial charge in [0.05, 0.1) is 17.6 Å². The number of amides is 2. The summed E-state index contributed by atoms with van der Waals surface area (Å²) in [7, 11) is 0. The number of rotatable bonds is 6. The predicted molar refractivity (Wildman–Crippen MR) is 87.5 cm³/mol. The van der Waals surface area contributed by atoms with Gasteiger partial charge in [-0.15, -0.1) is 0 Å². The minimum absolute atomic E-state index is 0.110. The molecule has 0 radical (unpaired) electrons. The lowest BCUT2D eigenvalue weighted by molar-refractivity contribution is -0.384. The van der Waals surface area contributed by atoms with E-state index >= 15 is 0 Å².